The first-order chi connectivity index (χ1) is 15.4. The number of hydrogen-bond donors (Lipinski definition) is 1. The van der Waals surface area contributed by atoms with E-state index in [2.05, 4.69) is 16.9 Å². The topological polar surface area (TPSA) is 99.7 Å². The van der Waals surface area contributed by atoms with E-state index in [1.54, 1.807) is 41.4 Å². The predicted octanol–water partition coefficient (Wildman–Crippen LogP) is 2.27. The fraction of sp³-hybridized carbons (Fsp3) is 0.348. The molecule has 0 spiro atoms. The van der Waals surface area contributed by atoms with E-state index in [0.29, 0.717) is 43.7 Å². The molecular formula is C23H26N4O4S. The molecule has 1 N–H and O–H groups in total. The molecule has 1 aromatic heterocycles. The fourth-order valence-electron chi connectivity index (χ4n) is 4.36. The molecule has 3 heterocycles. The Balaban J connectivity index is 1.49. The molecule has 2 amide bonds. The van der Waals surface area contributed by atoms with Crippen molar-refractivity contribution < 1.29 is 18.0 Å². The third-order valence-corrected chi connectivity index (χ3v) is 8.35. The Morgan fingerprint density at radius 3 is 2.44 bits per heavy atom. The number of carbonyl (C=O) groups excluding carboxylic acids is 2. The van der Waals surface area contributed by atoms with Crippen molar-refractivity contribution in [3.63, 3.8) is 0 Å². The molecule has 168 valence electrons. The van der Waals surface area contributed by atoms with E-state index in [0.717, 1.165) is 5.56 Å². The normalized spacial score (nSPS) is 19.2. The van der Waals surface area contributed by atoms with Crippen LogP contribution in [0.4, 0.5) is 5.69 Å². The van der Waals surface area contributed by atoms with Crippen molar-refractivity contribution in [2.45, 2.75) is 30.6 Å². The fourth-order valence-corrected chi connectivity index (χ4v) is 6.33. The van der Waals surface area contributed by atoms with Crippen LogP contribution in [0.1, 0.15) is 41.4 Å². The highest BCUT2D eigenvalue weighted by molar-refractivity contribution is 7.93. The van der Waals surface area contributed by atoms with Crippen molar-refractivity contribution in [3.05, 3.63) is 72.6 Å². The number of aromatic nitrogens is 1. The Morgan fingerprint density at radius 1 is 1.03 bits per heavy atom. The second kappa shape index (κ2) is 9.12. The lowest BCUT2D eigenvalue weighted by Crippen LogP contribution is -2.49. The molecule has 32 heavy (non-hydrogen) atoms. The van der Waals surface area contributed by atoms with Crippen molar-refractivity contribution in [1.29, 1.82) is 0 Å². The van der Waals surface area contributed by atoms with Crippen molar-refractivity contribution >= 4 is 27.5 Å². The van der Waals surface area contributed by atoms with Gasteiger partial charge in [-0.05, 0) is 49.1 Å². The smallest absolute Gasteiger partial charge is 0.272 e. The third-order valence-electron chi connectivity index (χ3n) is 6.05. The number of carbonyl (C=O) groups is 2. The summed E-state index contributed by atoms with van der Waals surface area (Å²) in [6.07, 6.45) is 4.01. The van der Waals surface area contributed by atoms with Crippen LogP contribution in [-0.4, -0.2) is 55.0 Å². The Labute approximate surface area is 188 Å². The van der Waals surface area contributed by atoms with Crippen LogP contribution < -0.4 is 9.62 Å². The Morgan fingerprint density at radius 2 is 1.75 bits per heavy atom. The van der Waals surface area contributed by atoms with Gasteiger partial charge in [0.25, 0.3) is 5.91 Å². The highest BCUT2D eigenvalue weighted by Crippen LogP contribution is 2.37. The van der Waals surface area contributed by atoms with E-state index in [1.807, 2.05) is 12.1 Å². The number of amides is 2. The molecule has 2 aliphatic heterocycles. The van der Waals surface area contributed by atoms with Gasteiger partial charge in [-0.2, -0.15) is 0 Å². The number of nitrogens with one attached hydrogen (secondary N) is 1. The summed E-state index contributed by atoms with van der Waals surface area (Å²) < 4.78 is 28.6. The van der Waals surface area contributed by atoms with Crippen LogP contribution in [0.25, 0.3) is 0 Å². The molecule has 9 heteroatoms. The quantitative estimate of drug-likeness (QED) is 0.699. The number of anilines is 1. The molecule has 0 aliphatic carbocycles. The van der Waals surface area contributed by atoms with Crippen LogP contribution in [0.15, 0.2) is 61.3 Å². The molecule has 0 bridgehead atoms. The zero-order valence-electron chi connectivity index (χ0n) is 17.7. The van der Waals surface area contributed by atoms with Crippen LogP contribution in [-0.2, 0) is 14.8 Å². The summed E-state index contributed by atoms with van der Waals surface area (Å²) in [4.78, 5) is 30.2. The van der Waals surface area contributed by atoms with Gasteiger partial charge in [0.2, 0.25) is 15.9 Å². The second-order valence-corrected chi connectivity index (χ2v) is 10.1. The van der Waals surface area contributed by atoms with Crippen molar-refractivity contribution in [2.24, 2.45) is 0 Å². The van der Waals surface area contributed by atoms with E-state index >= 15 is 0 Å². The number of piperidine rings is 1. The zero-order chi connectivity index (χ0) is 22.7. The predicted molar refractivity (Wildman–Crippen MR) is 122 cm³/mol. The van der Waals surface area contributed by atoms with Gasteiger partial charge in [-0.25, -0.2) is 8.42 Å². The lowest BCUT2D eigenvalue weighted by Gasteiger charge is -2.39. The first-order valence-electron chi connectivity index (χ1n) is 10.7. The van der Waals surface area contributed by atoms with E-state index in [4.69, 9.17) is 0 Å². The summed E-state index contributed by atoms with van der Waals surface area (Å²) in [6, 6.07) is 12.2. The van der Waals surface area contributed by atoms with Gasteiger partial charge in [0.15, 0.2) is 0 Å². The van der Waals surface area contributed by atoms with Gasteiger partial charge in [0, 0.05) is 25.8 Å². The van der Waals surface area contributed by atoms with Crippen LogP contribution in [0.3, 0.4) is 0 Å². The van der Waals surface area contributed by atoms with Crippen molar-refractivity contribution in [3.8, 4) is 0 Å². The Hall–Kier alpha value is -3.20. The average Bonchev–Trinajstić information content (AvgIpc) is 2.84. The molecule has 0 radical (unpaired) electrons. The van der Waals surface area contributed by atoms with Crippen LogP contribution >= 0.6 is 0 Å². The van der Waals surface area contributed by atoms with Gasteiger partial charge in [-0.3, -0.25) is 18.9 Å². The number of benzene rings is 1. The van der Waals surface area contributed by atoms with E-state index in [-0.39, 0.29) is 24.4 Å². The maximum Gasteiger partial charge on any atom is 0.272 e. The summed E-state index contributed by atoms with van der Waals surface area (Å²) in [5.74, 6) is -0.461. The number of rotatable bonds is 5. The number of hydrogen-bond acceptors (Lipinski definition) is 5. The number of nitrogens with zero attached hydrogens (tertiary/aromatic N) is 3. The first-order valence-corrected chi connectivity index (χ1v) is 12.2. The number of pyridine rings is 1. The zero-order valence-corrected chi connectivity index (χ0v) is 18.5. The Bertz CT molecular complexity index is 1110. The van der Waals surface area contributed by atoms with Crippen molar-refractivity contribution in [2.75, 3.05) is 23.9 Å². The van der Waals surface area contributed by atoms with Gasteiger partial charge in [0.05, 0.1) is 17.0 Å². The number of para-hydroxylation sites is 1. The van der Waals surface area contributed by atoms with Crippen LogP contribution in [0.5, 0.6) is 0 Å². The molecule has 1 aromatic carbocycles. The summed E-state index contributed by atoms with van der Waals surface area (Å²) in [5, 5.41) is 2.31. The minimum atomic E-state index is -3.62. The molecule has 1 fully saturated rings. The minimum absolute atomic E-state index is 0.175. The molecule has 2 aromatic rings. The van der Waals surface area contributed by atoms with Crippen LogP contribution in [0.2, 0.25) is 0 Å². The van der Waals surface area contributed by atoms with E-state index in [9.17, 15) is 18.0 Å². The lowest BCUT2D eigenvalue weighted by atomic mass is 9.98. The summed E-state index contributed by atoms with van der Waals surface area (Å²) >= 11 is 0. The number of likely N-dealkylation sites (tertiary alicyclic amines) is 1. The van der Waals surface area contributed by atoms with Gasteiger partial charge in [0.1, 0.15) is 5.69 Å². The molecule has 2 aliphatic rings. The standard InChI is InChI=1S/C23H26N4O4S/c1-2-22(28)25-19-12-16-27(21-9-4-3-7-18(19)21)32(30,31)17-10-14-26(15-11-17)23(29)20-8-5-6-13-24-20/h2-9,13,17,19H,1,10-12,14-16H2,(H,25,28). The molecule has 1 saturated heterocycles. The molecular weight excluding hydrogens is 428 g/mol. The largest absolute Gasteiger partial charge is 0.346 e. The van der Waals surface area contributed by atoms with Gasteiger partial charge in [-0.15, -0.1) is 0 Å². The highest BCUT2D eigenvalue weighted by Gasteiger charge is 2.39. The SMILES string of the molecule is C=CC(=O)NC1CCN(S(=O)(=O)C2CCN(C(=O)c3ccccn3)CC2)c2ccccc21. The van der Waals surface area contributed by atoms with Crippen molar-refractivity contribution in [1.82, 2.24) is 15.2 Å². The number of sulfonamides is 1. The molecule has 0 saturated carbocycles. The lowest BCUT2D eigenvalue weighted by molar-refractivity contribution is -0.117. The third kappa shape index (κ3) is 4.25. The molecule has 1 unspecified atom stereocenters. The monoisotopic (exact) mass is 454 g/mol. The van der Waals surface area contributed by atoms with Gasteiger partial charge < -0.3 is 10.2 Å². The summed E-state index contributed by atoms with van der Waals surface area (Å²) in [7, 11) is -3.62. The van der Waals surface area contributed by atoms with Gasteiger partial charge in [-0.1, -0.05) is 30.8 Å². The molecule has 4 rings (SSSR count). The summed E-state index contributed by atoms with van der Waals surface area (Å²) in [6.45, 7) is 4.51. The maximum absolute atomic E-state index is 13.5. The molecule has 8 nitrogen and oxygen atoms in total. The maximum atomic E-state index is 13.5. The highest BCUT2D eigenvalue weighted by atomic mass is 32.2. The summed E-state index contributed by atoms with van der Waals surface area (Å²) in [5.41, 5.74) is 1.74. The van der Waals surface area contributed by atoms with E-state index < -0.39 is 15.3 Å². The first kappa shape index (κ1) is 22.0. The van der Waals surface area contributed by atoms with Crippen LogP contribution in [0, 0.1) is 0 Å². The van der Waals surface area contributed by atoms with E-state index in [1.165, 1.54) is 10.4 Å². The van der Waals surface area contributed by atoms with Gasteiger partial charge >= 0.3 is 0 Å². The minimum Gasteiger partial charge on any atom is -0.346 e. The molecule has 1 atom stereocenters. The number of fused-ring (bicyclic) bond motifs is 1. The average molecular weight is 455 g/mol. The Kier molecular flexibility index (Phi) is 6.27. The second-order valence-electron chi connectivity index (χ2n) is 7.94.